The van der Waals surface area contributed by atoms with Gasteiger partial charge >= 0.3 is 5.97 Å². The van der Waals surface area contributed by atoms with Gasteiger partial charge in [0.25, 0.3) is 0 Å². The van der Waals surface area contributed by atoms with Crippen LogP contribution in [-0.4, -0.2) is 39.1 Å². The van der Waals surface area contributed by atoms with E-state index < -0.39 is 35.7 Å². The number of benzene rings is 2. The number of rotatable bonds is 4. The van der Waals surface area contributed by atoms with Crippen molar-refractivity contribution < 1.29 is 24.5 Å². The lowest BCUT2D eigenvalue weighted by Gasteiger charge is -2.29. The smallest absolute Gasteiger partial charge is 0.335 e. The highest BCUT2D eigenvalue weighted by molar-refractivity contribution is 6.05. The quantitative estimate of drug-likeness (QED) is 0.354. The number of aromatic amines is 1. The summed E-state index contributed by atoms with van der Waals surface area (Å²) in [6.45, 7) is 1.05. The zero-order valence-corrected chi connectivity index (χ0v) is 18.2. The van der Waals surface area contributed by atoms with Crippen molar-refractivity contribution in [2.24, 2.45) is 0 Å². The second-order valence-corrected chi connectivity index (χ2v) is 8.65. The first-order valence-electron chi connectivity index (χ1n) is 13.2. The van der Waals surface area contributed by atoms with Crippen LogP contribution in [-0.2, 0) is 4.74 Å². The second kappa shape index (κ2) is 8.25. The third kappa shape index (κ3) is 3.44. The summed E-state index contributed by atoms with van der Waals surface area (Å²) in [7, 11) is 0. The molecule has 172 valence electrons. The summed E-state index contributed by atoms with van der Waals surface area (Å²) in [5.41, 5.74) is 2.26. The highest BCUT2D eigenvalue weighted by atomic mass is 19.2. The number of carbonyl (C=O) groups is 1. The summed E-state index contributed by atoms with van der Waals surface area (Å²) in [4.78, 5) is 11.8. The van der Waals surface area contributed by atoms with Gasteiger partial charge in [-0.25, -0.2) is 9.18 Å². The number of hydrogen-bond donors (Lipinski definition) is 2. The van der Waals surface area contributed by atoms with E-state index in [1.165, 1.54) is 12.2 Å². The Kier molecular flexibility index (Phi) is 4.09. The molecule has 0 radical (unpaired) electrons. The van der Waals surface area contributed by atoms with Crippen LogP contribution in [0.4, 0.5) is 4.39 Å². The van der Waals surface area contributed by atoms with Crippen LogP contribution in [0.3, 0.4) is 0 Å². The van der Waals surface area contributed by atoms with Gasteiger partial charge < -0.3 is 14.4 Å². The van der Waals surface area contributed by atoms with Gasteiger partial charge in [0.1, 0.15) is 5.83 Å². The summed E-state index contributed by atoms with van der Waals surface area (Å²) in [5.74, 6) is -1.86. The van der Waals surface area contributed by atoms with E-state index in [1.807, 2.05) is 12.1 Å². The van der Waals surface area contributed by atoms with Crippen LogP contribution >= 0.6 is 0 Å². The molecule has 1 saturated heterocycles. The minimum atomic E-state index is -1.51. The van der Waals surface area contributed by atoms with Crippen LogP contribution in [0.2, 0.25) is 0 Å². The number of nitrogens with zero attached hydrogens (tertiary/aromatic N) is 2. The van der Waals surface area contributed by atoms with E-state index in [-0.39, 0.29) is 23.4 Å². The fourth-order valence-electron chi connectivity index (χ4n) is 5.08. The molecule has 1 fully saturated rings. The Balaban J connectivity index is 1.77. The molecule has 3 heterocycles. The molecule has 1 aliphatic heterocycles. The minimum Gasteiger partial charge on any atom is -0.478 e. The molecule has 7 heteroatoms. The van der Waals surface area contributed by atoms with Crippen LogP contribution in [0, 0.1) is 0 Å². The molecule has 1 aliphatic carbocycles. The number of halogens is 1. The van der Waals surface area contributed by atoms with Crippen molar-refractivity contribution in [2.45, 2.75) is 31.2 Å². The molecule has 0 bridgehead atoms. The summed E-state index contributed by atoms with van der Waals surface area (Å²) >= 11 is 0. The summed E-state index contributed by atoms with van der Waals surface area (Å²) < 4.78 is 56.2. The van der Waals surface area contributed by atoms with Crippen molar-refractivity contribution in [2.75, 3.05) is 13.2 Å². The fourth-order valence-corrected chi connectivity index (χ4v) is 5.08. The summed E-state index contributed by atoms with van der Waals surface area (Å²) in [6.07, 6.45) is 8.21. The molecule has 6 nitrogen and oxygen atoms in total. The average molecular weight is 467 g/mol. The van der Waals surface area contributed by atoms with Crippen molar-refractivity contribution in [3.05, 3.63) is 77.8 Å². The van der Waals surface area contributed by atoms with Gasteiger partial charge in [0.05, 0.1) is 34.3 Å². The Labute approximate surface area is 201 Å². The van der Waals surface area contributed by atoms with E-state index in [0.29, 0.717) is 43.4 Å². The number of carboxylic acid groups (broad SMARTS) is 1. The highest BCUT2D eigenvalue weighted by Crippen LogP contribution is 2.45. The van der Waals surface area contributed by atoms with Gasteiger partial charge in [-0.2, -0.15) is 5.10 Å². The molecular weight excluding hydrogens is 439 g/mol. The van der Waals surface area contributed by atoms with E-state index in [0.717, 1.165) is 22.1 Å². The topological polar surface area (TPSA) is 80.1 Å². The van der Waals surface area contributed by atoms with Gasteiger partial charge in [0, 0.05) is 41.2 Å². The van der Waals surface area contributed by atoms with Crippen LogP contribution in [0.5, 0.6) is 0 Å². The van der Waals surface area contributed by atoms with Gasteiger partial charge in [-0.05, 0) is 61.2 Å². The summed E-state index contributed by atoms with van der Waals surface area (Å²) in [5, 5.41) is 18.2. The Bertz CT molecular complexity index is 1660. The third-order valence-electron chi connectivity index (χ3n) is 6.66. The predicted octanol–water partition coefficient (Wildman–Crippen LogP) is 6.13. The fraction of sp³-hybridized carbons (Fsp3) is 0.259. The first-order chi connectivity index (χ1) is 18.3. The lowest BCUT2D eigenvalue weighted by atomic mass is 9.90. The normalized spacial score (nSPS) is 20.7. The SMILES string of the molecule is [2H]c1c([2H])c(-c2c(C3CCOCC3)n([13CH]3[13CH]=[13CH][13C](F)=[13CH][13CH2]3)c3cc4cn[nH]c4cc23)c([2H])c([2H])c1C(=O)O. The van der Waals surface area contributed by atoms with Crippen LogP contribution in [0.15, 0.2) is 66.6 Å². The maximum Gasteiger partial charge on any atom is 0.335 e. The van der Waals surface area contributed by atoms with E-state index in [4.69, 9.17) is 10.2 Å². The van der Waals surface area contributed by atoms with Crippen molar-refractivity contribution in [1.29, 1.82) is 0 Å². The van der Waals surface area contributed by atoms with Gasteiger partial charge in [-0.15, -0.1) is 0 Å². The average Bonchev–Trinajstić information content (AvgIpc) is 3.49. The molecule has 2 aliphatic rings. The molecule has 2 N–H and O–H groups in total. The maximum atomic E-state index is 14.0. The molecule has 2 aromatic heterocycles. The molecular formula is C27H24FN3O3. The molecule has 6 rings (SSSR count). The zero-order valence-electron chi connectivity index (χ0n) is 22.2. The number of aromatic nitrogens is 3. The Morgan fingerprint density at radius 2 is 2.03 bits per heavy atom. The Morgan fingerprint density at radius 3 is 2.74 bits per heavy atom. The molecule has 34 heavy (non-hydrogen) atoms. The van der Waals surface area contributed by atoms with E-state index >= 15 is 0 Å². The Hall–Kier alpha value is -3.71. The number of nitrogens with one attached hydrogen (secondary N) is 1. The maximum absolute atomic E-state index is 14.0. The minimum absolute atomic E-state index is 0.0342. The molecule has 0 amide bonds. The Morgan fingerprint density at radius 1 is 1.24 bits per heavy atom. The van der Waals surface area contributed by atoms with Crippen LogP contribution < -0.4 is 0 Å². The van der Waals surface area contributed by atoms with E-state index in [2.05, 4.69) is 14.8 Å². The van der Waals surface area contributed by atoms with E-state index in [1.54, 1.807) is 12.3 Å². The first kappa shape index (κ1) is 16.8. The monoisotopic (exact) mass is 467 g/mol. The number of allylic oxidation sites excluding steroid dienone is 4. The second-order valence-electron chi connectivity index (χ2n) is 8.65. The molecule has 0 saturated carbocycles. The number of H-pyrrole nitrogens is 1. The van der Waals surface area contributed by atoms with Gasteiger partial charge in [-0.3, -0.25) is 5.10 Å². The van der Waals surface area contributed by atoms with Crippen molar-refractivity contribution in [1.82, 2.24) is 14.8 Å². The lowest BCUT2D eigenvalue weighted by Crippen LogP contribution is -2.20. The van der Waals surface area contributed by atoms with Crippen molar-refractivity contribution in [3.8, 4) is 11.1 Å². The number of carboxylic acids is 1. The first-order valence-corrected chi connectivity index (χ1v) is 11.2. The van der Waals surface area contributed by atoms with Crippen molar-refractivity contribution >= 4 is 27.8 Å². The summed E-state index contributed by atoms with van der Waals surface area (Å²) in [6, 6.07) is 1.57. The number of hydrogen-bond acceptors (Lipinski definition) is 3. The van der Waals surface area contributed by atoms with Crippen LogP contribution in [0.1, 0.15) is 52.8 Å². The largest absolute Gasteiger partial charge is 0.478 e. The van der Waals surface area contributed by atoms with Gasteiger partial charge in [-0.1, -0.05) is 18.2 Å². The standard InChI is InChI=1S/C27H24FN3O3/c28-20-5-7-21(8-6-20)31-24-13-19-15-29-30-23(19)14-22(24)25(26(31)17-9-11-34-12-10-17)16-1-3-18(4-2-16)27(32)33/h1-7,13-15,17,21H,8-12H2,(H,29,30)(H,32,33)/i1D,2D,3D,4D,5+1,6+1,7+1,8+1,20+1,21+1. The lowest BCUT2D eigenvalue weighted by molar-refractivity contribution is 0.0697. The molecule has 2 aromatic carbocycles. The molecule has 1 unspecified atom stereocenters. The van der Waals surface area contributed by atoms with Crippen LogP contribution in [0.25, 0.3) is 32.9 Å². The van der Waals surface area contributed by atoms with Gasteiger partial charge in [0.15, 0.2) is 0 Å². The zero-order chi connectivity index (χ0) is 26.7. The van der Waals surface area contributed by atoms with E-state index in [9.17, 15) is 14.3 Å². The number of ether oxygens (including phenoxy) is 1. The number of aromatic carboxylic acids is 1. The van der Waals surface area contributed by atoms with Crippen molar-refractivity contribution in [3.63, 3.8) is 0 Å². The third-order valence-corrected chi connectivity index (χ3v) is 6.66. The predicted molar refractivity (Wildman–Crippen MR) is 129 cm³/mol. The molecule has 4 aromatic rings. The highest BCUT2D eigenvalue weighted by Gasteiger charge is 2.30. The van der Waals surface area contributed by atoms with Gasteiger partial charge in [0.2, 0.25) is 0 Å². The number of fused-ring (bicyclic) bond motifs is 2. The molecule has 0 spiro atoms. The molecule has 1 atom stereocenters.